The van der Waals surface area contributed by atoms with Gasteiger partial charge in [0.25, 0.3) is 0 Å². The molecule has 0 radical (unpaired) electrons. The van der Waals surface area contributed by atoms with Crippen molar-refractivity contribution < 1.29 is 4.79 Å². The Morgan fingerprint density at radius 3 is 2.32 bits per heavy atom. The number of hydrogen-bond donors (Lipinski definition) is 2. The predicted octanol–water partition coefficient (Wildman–Crippen LogP) is 5.67. The monoisotopic (exact) mass is 491 g/mol. The number of nitrogens with one attached hydrogen (secondary N) is 2. The Labute approximate surface area is 208 Å². The summed E-state index contributed by atoms with van der Waals surface area (Å²) in [6, 6.07) is 22.6. The summed E-state index contributed by atoms with van der Waals surface area (Å²) in [6.45, 7) is 2.19. The Hall–Kier alpha value is -3.48. The number of hydrogen-bond acceptors (Lipinski definition) is 5. The maximum atomic E-state index is 12.8. The van der Waals surface area contributed by atoms with Crippen LogP contribution in [0.3, 0.4) is 0 Å². The average Bonchev–Trinajstić information content (AvgIpc) is 2.85. The van der Waals surface area contributed by atoms with Crippen molar-refractivity contribution in [1.29, 1.82) is 0 Å². The van der Waals surface area contributed by atoms with Crippen molar-refractivity contribution in [3.8, 4) is 11.5 Å². The number of carbonyl (C=O) groups is 1. The molecule has 4 aromatic rings. The van der Waals surface area contributed by atoms with Crippen LogP contribution in [-0.2, 0) is 11.2 Å². The van der Waals surface area contributed by atoms with Crippen molar-refractivity contribution in [3.05, 3.63) is 106 Å². The Morgan fingerprint density at radius 2 is 1.65 bits per heavy atom. The van der Waals surface area contributed by atoms with Crippen molar-refractivity contribution >= 4 is 34.9 Å². The van der Waals surface area contributed by atoms with E-state index in [1.165, 1.54) is 0 Å². The molecule has 2 N–H and O–H groups in total. The highest BCUT2D eigenvalue weighted by Gasteiger charge is 2.18. The van der Waals surface area contributed by atoms with Crippen LogP contribution in [0, 0.1) is 6.92 Å². The van der Waals surface area contributed by atoms with Gasteiger partial charge in [-0.25, -0.2) is 9.97 Å². The number of amides is 1. The van der Waals surface area contributed by atoms with E-state index >= 15 is 0 Å². The third-order valence-electron chi connectivity index (χ3n) is 5.19. The Kier molecular flexibility index (Phi) is 7.72. The van der Waals surface area contributed by atoms with E-state index in [9.17, 15) is 4.79 Å². The summed E-state index contributed by atoms with van der Waals surface area (Å²) in [4.78, 5) is 26.1. The van der Waals surface area contributed by atoms with E-state index in [1.54, 1.807) is 18.3 Å². The number of halogens is 2. The zero-order valence-corrected chi connectivity index (χ0v) is 20.0. The summed E-state index contributed by atoms with van der Waals surface area (Å²) in [7, 11) is 0. The first-order chi connectivity index (χ1) is 16.5. The van der Waals surface area contributed by atoms with Crippen LogP contribution in [0.15, 0.2) is 79.0 Å². The van der Waals surface area contributed by atoms with Gasteiger partial charge in [-0.1, -0.05) is 83.9 Å². The summed E-state index contributed by atoms with van der Waals surface area (Å²) >= 11 is 12.5. The maximum absolute atomic E-state index is 12.8. The lowest BCUT2D eigenvalue weighted by molar-refractivity contribution is -0.121. The molecule has 0 unspecified atom stereocenters. The van der Waals surface area contributed by atoms with E-state index in [0.29, 0.717) is 46.0 Å². The van der Waals surface area contributed by atoms with E-state index in [4.69, 9.17) is 23.2 Å². The molecule has 0 fully saturated rings. The van der Waals surface area contributed by atoms with Crippen LogP contribution in [0.5, 0.6) is 0 Å². The van der Waals surface area contributed by atoms with Crippen molar-refractivity contribution in [2.45, 2.75) is 19.4 Å². The normalized spacial score (nSPS) is 11.6. The molecule has 34 heavy (non-hydrogen) atoms. The molecule has 0 saturated carbocycles. The largest absolute Gasteiger partial charge is 0.366 e. The minimum Gasteiger partial charge on any atom is -0.366 e. The fraction of sp³-hybridized carbons (Fsp3) is 0.154. The lowest BCUT2D eigenvalue weighted by atomic mass is 10.1. The maximum Gasteiger partial charge on any atom is 0.224 e. The second-order valence-electron chi connectivity index (χ2n) is 7.73. The van der Waals surface area contributed by atoms with Gasteiger partial charge in [-0.05, 0) is 30.2 Å². The van der Waals surface area contributed by atoms with Crippen LogP contribution in [-0.4, -0.2) is 27.4 Å². The van der Waals surface area contributed by atoms with Gasteiger partial charge in [-0.3, -0.25) is 9.78 Å². The molecule has 0 aliphatic rings. The molecule has 0 aliphatic heterocycles. The smallest absolute Gasteiger partial charge is 0.224 e. The lowest BCUT2D eigenvalue weighted by Crippen LogP contribution is -2.34. The summed E-state index contributed by atoms with van der Waals surface area (Å²) in [5, 5.41) is 7.36. The van der Waals surface area contributed by atoms with Crippen LogP contribution in [0.25, 0.3) is 11.5 Å². The van der Waals surface area contributed by atoms with Gasteiger partial charge < -0.3 is 10.6 Å². The third kappa shape index (κ3) is 6.10. The topological polar surface area (TPSA) is 79.8 Å². The number of aromatic nitrogens is 3. The molecule has 6 nitrogen and oxygen atoms in total. The summed E-state index contributed by atoms with van der Waals surface area (Å²) in [5.41, 5.74) is 3.13. The minimum atomic E-state index is -0.291. The Morgan fingerprint density at radius 1 is 0.941 bits per heavy atom. The van der Waals surface area contributed by atoms with Crippen LogP contribution >= 0.6 is 23.2 Å². The molecular formula is C26H23Cl2N5O. The van der Waals surface area contributed by atoms with Crippen LogP contribution in [0.1, 0.15) is 22.9 Å². The van der Waals surface area contributed by atoms with Gasteiger partial charge >= 0.3 is 0 Å². The third-order valence-corrected chi connectivity index (χ3v) is 5.87. The van der Waals surface area contributed by atoms with Crippen molar-refractivity contribution in [2.24, 2.45) is 0 Å². The van der Waals surface area contributed by atoms with Gasteiger partial charge in [0.2, 0.25) is 5.91 Å². The predicted molar refractivity (Wildman–Crippen MR) is 136 cm³/mol. The molecule has 0 bridgehead atoms. The quantitative estimate of drug-likeness (QED) is 0.332. The Balaban J connectivity index is 1.54. The standard InChI is InChI=1S/C26H23Cl2N5O/c1-17-24(28)26(33-25(31-17)21-13-12-20(27)15-29-21)30-16-22(19-10-6-3-7-11-19)32-23(34)14-18-8-4-2-5-9-18/h2-13,15,22H,14,16H2,1H3,(H,32,34)(H,30,31,33)/t22-/m0/s1. The molecule has 172 valence electrons. The van der Waals surface area contributed by atoms with Gasteiger partial charge in [0.15, 0.2) is 5.82 Å². The lowest BCUT2D eigenvalue weighted by Gasteiger charge is -2.21. The fourth-order valence-corrected chi connectivity index (χ4v) is 3.73. The molecule has 0 spiro atoms. The first-order valence-corrected chi connectivity index (χ1v) is 11.5. The highest BCUT2D eigenvalue weighted by molar-refractivity contribution is 6.33. The molecule has 2 aromatic carbocycles. The molecule has 1 atom stereocenters. The summed E-state index contributed by atoms with van der Waals surface area (Å²) < 4.78 is 0. The molecule has 8 heteroatoms. The van der Waals surface area contributed by atoms with Crippen molar-refractivity contribution in [2.75, 3.05) is 11.9 Å². The molecule has 2 aromatic heterocycles. The van der Waals surface area contributed by atoms with Gasteiger partial charge in [-0.15, -0.1) is 0 Å². The van der Waals surface area contributed by atoms with Gasteiger partial charge in [0.05, 0.1) is 23.2 Å². The van der Waals surface area contributed by atoms with Crippen LogP contribution in [0.4, 0.5) is 5.82 Å². The molecule has 2 heterocycles. The van der Waals surface area contributed by atoms with Crippen LogP contribution < -0.4 is 10.6 Å². The van der Waals surface area contributed by atoms with E-state index < -0.39 is 0 Å². The number of pyridine rings is 1. The van der Waals surface area contributed by atoms with E-state index in [2.05, 4.69) is 25.6 Å². The molecule has 1 amide bonds. The second-order valence-corrected chi connectivity index (χ2v) is 8.55. The molecule has 4 rings (SSSR count). The van der Waals surface area contributed by atoms with E-state index in [1.807, 2.05) is 67.6 Å². The SMILES string of the molecule is Cc1nc(-c2ccc(Cl)cn2)nc(NC[C@H](NC(=O)Cc2ccccc2)c2ccccc2)c1Cl. The number of nitrogens with zero attached hydrogens (tertiary/aromatic N) is 3. The average molecular weight is 492 g/mol. The second kappa shape index (κ2) is 11.1. The summed E-state index contributed by atoms with van der Waals surface area (Å²) in [6.07, 6.45) is 1.84. The van der Waals surface area contributed by atoms with Gasteiger partial charge in [-0.2, -0.15) is 0 Å². The number of anilines is 1. The zero-order valence-electron chi connectivity index (χ0n) is 18.5. The van der Waals surface area contributed by atoms with Crippen LogP contribution in [0.2, 0.25) is 10.0 Å². The highest BCUT2D eigenvalue weighted by atomic mass is 35.5. The fourth-order valence-electron chi connectivity index (χ4n) is 3.46. The zero-order chi connectivity index (χ0) is 23.9. The number of rotatable bonds is 8. The van der Waals surface area contributed by atoms with E-state index in [-0.39, 0.29) is 11.9 Å². The number of aryl methyl sites for hydroxylation is 1. The first-order valence-electron chi connectivity index (χ1n) is 10.8. The molecule has 0 aliphatic carbocycles. The summed E-state index contributed by atoms with van der Waals surface area (Å²) in [5.74, 6) is 0.836. The van der Waals surface area contributed by atoms with Crippen molar-refractivity contribution in [3.63, 3.8) is 0 Å². The molecular weight excluding hydrogens is 469 g/mol. The molecule has 0 saturated heterocycles. The number of carbonyl (C=O) groups excluding carboxylic acids is 1. The highest BCUT2D eigenvalue weighted by Crippen LogP contribution is 2.27. The van der Waals surface area contributed by atoms with Crippen molar-refractivity contribution in [1.82, 2.24) is 20.3 Å². The minimum absolute atomic E-state index is 0.0714. The Bertz CT molecular complexity index is 1250. The first kappa shape index (κ1) is 23.7. The van der Waals surface area contributed by atoms with E-state index in [0.717, 1.165) is 11.1 Å². The number of benzene rings is 2. The van der Waals surface area contributed by atoms with Gasteiger partial charge in [0, 0.05) is 12.7 Å². The van der Waals surface area contributed by atoms with Gasteiger partial charge in [0.1, 0.15) is 16.5 Å².